The van der Waals surface area contributed by atoms with Crippen molar-refractivity contribution >= 4 is 17.5 Å². The molecule has 1 N–H and O–H groups in total. The molecule has 0 saturated carbocycles. The van der Waals surface area contributed by atoms with Gasteiger partial charge in [-0.1, -0.05) is 18.2 Å². The van der Waals surface area contributed by atoms with E-state index < -0.39 is 5.54 Å². The second-order valence-corrected chi connectivity index (χ2v) is 7.56. The molecule has 1 aromatic carbocycles. The van der Waals surface area contributed by atoms with E-state index in [4.69, 9.17) is 4.74 Å². The second kappa shape index (κ2) is 6.67. The number of hydrogen-bond donors (Lipinski definition) is 1. The third-order valence-electron chi connectivity index (χ3n) is 6.29. The number of rotatable bonds is 5. The van der Waals surface area contributed by atoms with Gasteiger partial charge < -0.3 is 15.0 Å². The van der Waals surface area contributed by atoms with Crippen molar-refractivity contribution in [3.05, 3.63) is 29.8 Å². The maximum absolute atomic E-state index is 13.5. The summed E-state index contributed by atoms with van der Waals surface area (Å²) in [5, 5.41) is 3.05. The Labute approximate surface area is 154 Å². The molecule has 0 unspecified atom stereocenters. The summed E-state index contributed by atoms with van der Waals surface area (Å²) >= 11 is 0. The van der Waals surface area contributed by atoms with Gasteiger partial charge in [-0.15, -0.1) is 0 Å². The Bertz CT molecular complexity index is 722. The van der Waals surface area contributed by atoms with E-state index in [1.807, 2.05) is 31.3 Å². The number of likely N-dealkylation sites (N-methyl/N-ethyl adjacent to an activating group) is 1. The van der Waals surface area contributed by atoms with Gasteiger partial charge in [0.1, 0.15) is 5.54 Å². The van der Waals surface area contributed by atoms with E-state index in [0.717, 1.165) is 43.5 Å². The van der Waals surface area contributed by atoms with Crippen molar-refractivity contribution in [2.75, 3.05) is 38.8 Å². The number of nitrogens with one attached hydrogen (secondary N) is 1. The van der Waals surface area contributed by atoms with Crippen molar-refractivity contribution in [3.63, 3.8) is 0 Å². The predicted octanol–water partition coefficient (Wildman–Crippen LogP) is 1.50. The molecule has 1 spiro atoms. The summed E-state index contributed by atoms with van der Waals surface area (Å²) in [7, 11) is 3.49. The lowest BCUT2D eigenvalue weighted by Crippen LogP contribution is -2.55. The molecule has 3 aliphatic rings. The largest absolute Gasteiger partial charge is 0.385 e. The van der Waals surface area contributed by atoms with Crippen LogP contribution in [0.3, 0.4) is 0 Å². The minimum absolute atomic E-state index is 0.00560. The van der Waals surface area contributed by atoms with E-state index in [0.29, 0.717) is 19.2 Å². The maximum atomic E-state index is 13.5. The lowest BCUT2D eigenvalue weighted by Gasteiger charge is -2.37. The molecule has 0 radical (unpaired) electrons. The van der Waals surface area contributed by atoms with Crippen LogP contribution in [-0.4, -0.2) is 56.6 Å². The van der Waals surface area contributed by atoms with E-state index in [1.54, 1.807) is 12.0 Å². The Morgan fingerprint density at radius 2 is 2.19 bits per heavy atom. The lowest BCUT2D eigenvalue weighted by molar-refractivity contribution is -0.138. The summed E-state index contributed by atoms with van der Waals surface area (Å²) in [4.78, 5) is 30.7. The fraction of sp³-hybridized carbons (Fsp3) is 0.600. The first-order chi connectivity index (χ1) is 12.6. The minimum atomic E-state index is -0.835. The van der Waals surface area contributed by atoms with Gasteiger partial charge in [0.15, 0.2) is 0 Å². The van der Waals surface area contributed by atoms with Crippen LogP contribution in [0, 0.1) is 5.92 Å². The summed E-state index contributed by atoms with van der Waals surface area (Å²) < 4.78 is 5.06. The highest BCUT2D eigenvalue weighted by Crippen LogP contribution is 2.56. The number of benzene rings is 1. The van der Waals surface area contributed by atoms with Crippen molar-refractivity contribution in [1.29, 1.82) is 0 Å². The van der Waals surface area contributed by atoms with Gasteiger partial charge in [0.25, 0.3) is 5.91 Å². The van der Waals surface area contributed by atoms with Crippen LogP contribution < -0.4 is 10.2 Å². The Morgan fingerprint density at radius 3 is 3.00 bits per heavy atom. The lowest BCUT2D eigenvalue weighted by atomic mass is 9.78. The van der Waals surface area contributed by atoms with E-state index in [2.05, 4.69) is 10.2 Å². The fourth-order valence-electron chi connectivity index (χ4n) is 5.22. The summed E-state index contributed by atoms with van der Waals surface area (Å²) in [6.45, 7) is 2.08. The van der Waals surface area contributed by atoms with Crippen LogP contribution in [0.2, 0.25) is 0 Å². The second-order valence-electron chi connectivity index (χ2n) is 7.56. The number of carbonyl (C=O) groups excluding carboxylic acids is 2. The number of anilines is 1. The zero-order chi connectivity index (χ0) is 18.3. The topological polar surface area (TPSA) is 61.9 Å². The molecular weight excluding hydrogens is 330 g/mol. The first-order valence-electron chi connectivity index (χ1n) is 9.53. The monoisotopic (exact) mass is 357 g/mol. The zero-order valence-electron chi connectivity index (χ0n) is 15.5. The van der Waals surface area contributed by atoms with E-state index in [-0.39, 0.29) is 17.7 Å². The van der Waals surface area contributed by atoms with Gasteiger partial charge in [-0.25, -0.2) is 0 Å². The third kappa shape index (κ3) is 2.32. The Hall–Kier alpha value is -1.92. The number of hydrogen-bond acceptors (Lipinski definition) is 4. The molecule has 3 heterocycles. The molecule has 140 valence electrons. The summed E-state index contributed by atoms with van der Waals surface area (Å²) in [6, 6.07) is 8.26. The fourth-order valence-corrected chi connectivity index (χ4v) is 5.22. The van der Waals surface area contributed by atoms with Gasteiger partial charge in [0, 0.05) is 44.6 Å². The van der Waals surface area contributed by atoms with Crippen molar-refractivity contribution in [2.24, 2.45) is 5.92 Å². The highest BCUT2D eigenvalue weighted by molar-refractivity contribution is 6.10. The molecular formula is C20H27N3O3. The number of amides is 2. The molecule has 2 amide bonds. The van der Waals surface area contributed by atoms with E-state index in [1.165, 1.54) is 0 Å². The molecule has 26 heavy (non-hydrogen) atoms. The average molecular weight is 357 g/mol. The van der Waals surface area contributed by atoms with Crippen LogP contribution in [0.5, 0.6) is 0 Å². The standard InChI is InChI=1S/C20H27N3O3/c1-22-17-9-4-3-8-15(17)20(19(22)25)16(13-14-7-5-11-23(14)20)18(24)21-10-6-12-26-2/h3-4,8-9,14,16H,5-7,10-13H2,1-2H3,(H,21,24)/t14-,16+,20+/m1/s1. The first-order valence-corrected chi connectivity index (χ1v) is 9.53. The normalized spacial score (nSPS) is 30.1. The summed E-state index contributed by atoms with van der Waals surface area (Å²) in [6.07, 6.45) is 3.69. The molecule has 3 atom stereocenters. The van der Waals surface area contributed by atoms with Gasteiger partial charge in [0.05, 0.1) is 5.92 Å². The highest BCUT2D eigenvalue weighted by Gasteiger charge is 2.66. The van der Waals surface area contributed by atoms with Gasteiger partial charge in [0.2, 0.25) is 5.91 Å². The predicted molar refractivity (Wildman–Crippen MR) is 98.9 cm³/mol. The maximum Gasteiger partial charge on any atom is 0.252 e. The van der Waals surface area contributed by atoms with E-state index >= 15 is 0 Å². The number of nitrogens with zero attached hydrogens (tertiary/aromatic N) is 2. The van der Waals surface area contributed by atoms with Gasteiger partial charge in [-0.05, 0) is 38.3 Å². The van der Waals surface area contributed by atoms with Crippen LogP contribution in [0.4, 0.5) is 5.69 Å². The molecule has 2 saturated heterocycles. The SMILES string of the molecule is COCCCNC(=O)[C@@H]1C[C@H]2CCCN2[C@]12C(=O)N(C)c1ccccc12. The molecule has 6 heteroatoms. The molecule has 4 rings (SSSR count). The van der Waals surface area contributed by atoms with Crippen LogP contribution in [-0.2, 0) is 19.9 Å². The highest BCUT2D eigenvalue weighted by atomic mass is 16.5. The van der Waals surface area contributed by atoms with Crippen molar-refractivity contribution in [2.45, 2.75) is 37.3 Å². The number of para-hydroxylation sites is 1. The molecule has 2 fully saturated rings. The quantitative estimate of drug-likeness (QED) is 0.811. The number of methoxy groups -OCH3 is 1. The van der Waals surface area contributed by atoms with Crippen LogP contribution in [0.15, 0.2) is 24.3 Å². The van der Waals surface area contributed by atoms with Crippen molar-refractivity contribution in [1.82, 2.24) is 10.2 Å². The van der Waals surface area contributed by atoms with Crippen LogP contribution >= 0.6 is 0 Å². The average Bonchev–Trinajstić information content (AvgIpc) is 3.29. The summed E-state index contributed by atoms with van der Waals surface area (Å²) in [5.41, 5.74) is 1.09. The Balaban J connectivity index is 1.71. The van der Waals surface area contributed by atoms with Crippen molar-refractivity contribution in [3.8, 4) is 0 Å². The van der Waals surface area contributed by atoms with E-state index in [9.17, 15) is 9.59 Å². The Morgan fingerprint density at radius 1 is 1.38 bits per heavy atom. The smallest absolute Gasteiger partial charge is 0.252 e. The minimum Gasteiger partial charge on any atom is -0.385 e. The number of ether oxygens (including phenoxy) is 1. The number of fused-ring (bicyclic) bond motifs is 4. The van der Waals surface area contributed by atoms with Gasteiger partial charge in [-0.3, -0.25) is 14.5 Å². The van der Waals surface area contributed by atoms with Gasteiger partial charge >= 0.3 is 0 Å². The molecule has 0 bridgehead atoms. The number of carbonyl (C=O) groups is 2. The molecule has 3 aliphatic heterocycles. The Kier molecular flexibility index (Phi) is 4.49. The molecule has 0 aliphatic carbocycles. The first kappa shape index (κ1) is 17.5. The van der Waals surface area contributed by atoms with Crippen molar-refractivity contribution < 1.29 is 14.3 Å². The van der Waals surface area contributed by atoms with Crippen LogP contribution in [0.1, 0.15) is 31.2 Å². The molecule has 1 aromatic rings. The summed E-state index contributed by atoms with van der Waals surface area (Å²) in [5.74, 6) is -0.303. The van der Waals surface area contributed by atoms with Crippen LogP contribution in [0.25, 0.3) is 0 Å². The zero-order valence-corrected chi connectivity index (χ0v) is 15.5. The van der Waals surface area contributed by atoms with Gasteiger partial charge in [-0.2, -0.15) is 0 Å². The third-order valence-corrected chi connectivity index (χ3v) is 6.29. The molecule has 6 nitrogen and oxygen atoms in total. The molecule has 0 aromatic heterocycles.